The summed E-state index contributed by atoms with van der Waals surface area (Å²) in [5, 5.41) is 8.05. The van der Waals surface area contributed by atoms with Crippen molar-refractivity contribution in [1.82, 2.24) is 9.88 Å². The molecule has 1 aromatic heterocycles. The number of nitrogens with zero attached hydrogens (tertiary/aromatic N) is 1. The summed E-state index contributed by atoms with van der Waals surface area (Å²) in [6, 6.07) is 1.36. The van der Waals surface area contributed by atoms with Crippen LogP contribution in [0.3, 0.4) is 0 Å². The van der Waals surface area contributed by atoms with Crippen LogP contribution in [0.15, 0.2) is 17.2 Å². The van der Waals surface area contributed by atoms with E-state index in [-0.39, 0.29) is 10.8 Å². The molecule has 1 fully saturated rings. The van der Waals surface area contributed by atoms with E-state index in [4.69, 9.17) is 5.14 Å². The number of amides is 1. The number of nitrogens with one attached hydrogen (secondary N) is 1. The minimum atomic E-state index is -3.79. The predicted molar refractivity (Wildman–Crippen MR) is 80.4 cm³/mol. The van der Waals surface area contributed by atoms with Crippen molar-refractivity contribution < 1.29 is 13.2 Å². The maximum absolute atomic E-state index is 12.3. The van der Waals surface area contributed by atoms with Crippen molar-refractivity contribution in [2.75, 3.05) is 6.54 Å². The normalized spacial score (nSPS) is 16.3. The van der Waals surface area contributed by atoms with Gasteiger partial charge in [0.25, 0.3) is 5.91 Å². The van der Waals surface area contributed by atoms with Crippen molar-refractivity contribution in [3.63, 3.8) is 0 Å². The van der Waals surface area contributed by atoms with Crippen LogP contribution in [0.1, 0.15) is 49.5 Å². The molecule has 0 saturated heterocycles. The zero-order valence-electron chi connectivity index (χ0n) is 12.3. The van der Waals surface area contributed by atoms with Crippen molar-refractivity contribution in [3.05, 3.63) is 18.0 Å². The highest BCUT2D eigenvalue weighted by Crippen LogP contribution is 2.24. The molecular weight excluding hydrogens is 290 g/mol. The van der Waals surface area contributed by atoms with Crippen molar-refractivity contribution >= 4 is 15.9 Å². The molecule has 1 aliphatic rings. The lowest BCUT2D eigenvalue weighted by atomic mass is 10.1. The molecule has 21 heavy (non-hydrogen) atoms. The second-order valence-electron chi connectivity index (χ2n) is 5.66. The molecule has 0 aliphatic heterocycles. The van der Waals surface area contributed by atoms with Crippen LogP contribution in [0.2, 0.25) is 0 Å². The average Bonchev–Trinajstić information content (AvgIpc) is 3.04. The van der Waals surface area contributed by atoms with Crippen LogP contribution in [0.4, 0.5) is 0 Å². The van der Waals surface area contributed by atoms with Crippen LogP contribution in [-0.4, -0.2) is 25.4 Å². The number of primary sulfonamides is 1. The number of hydrogen-bond donors (Lipinski definition) is 2. The smallest absolute Gasteiger partial charge is 0.267 e. The van der Waals surface area contributed by atoms with E-state index in [0.29, 0.717) is 24.7 Å². The van der Waals surface area contributed by atoms with Gasteiger partial charge < -0.3 is 9.88 Å². The van der Waals surface area contributed by atoms with E-state index in [1.807, 2.05) is 6.92 Å². The second kappa shape index (κ2) is 6.62. The lowest BCUT2D eigenvalue weighted by molar-refractivity contribution is 0.0938. The Labute approximate surface area is 125 Å². The van der Waals surface area contributed by atoms with Gasteiger partial charge in [0.2, 0.25) is 10.0 Å². The van der Waals surface area contributed by atoms with E-state index in [0.717, 1.165) is 19.3 Å². The molecule has 1 aliphatic carbocycles. The number of carbonyl (C=O) groups excluding carboxylic acids is 1. The fourth-order valence-electron chi connectivity index (χ4n) is 2.80. The molecule has 0 bridgehead atoms. The molecule has 1 amide bonds. The SMILES string of the molecule is CCCn1cc(S(N)(=O)=O)cc1C(=O)NCC1CCCC1. The molecule has 0 spiro atoms. The number of carbonyl (C=O) groups is 1. The molecule has 3 N–H and O–H groups in total. The van der Waals surface area contributed by atoms with Crippen LogP contribution in [0.25, 0.3) is 0 Å². The summed E-state index contributed by atoms with van der Waals surface area (Å²) in [4.78, 5) is 12.3. The summed E-state index contributed by atoms with van der Waals surface area (Å²) in [5.41, 5.74) is 0.360. The highest BCUT2D eigenvalue weighted by molar-refractivity contribution is 7.89. The highest BCUT2D eigenvalue weighted by Gasteiger charge is 2.20. The molecule has 1 heterocycles. The Kier molecular flexibility index (Phi) is 5.05. The Morgan fingerprint density at radius 2 is 2.10 bits per heavy atom. The molecule has 118 valence electrons. The summed E-state index contributed by atoms with van der Waals surface area (Å²) in [7, 11) is -3.79. The van der Waals surface area contributed by atoms with Gasteiger partial charge in [-0.25, -0.2) is 13.6 Å². The molecule has 7 heteroatoms. The van der Waals surface area contributed by atoms with Crippen LogP contribution in [0, 0.1) is 5.92 Å². The summed E-state index contributed by atoms with van der Waals surface area (Å²) in [5.74, 6) is 0.312. The Hall–Kier alpha value is -1.34. The van der Waals surface area contributed by atoms with E-state index in [1.165, 1.54) is 25.1 Å². The summed E-state index contributed by atoms with van der Waals surface area (Å²) in [6.45, 7) is 3.21. The van der Waals surface area contributed by atoms with Crippen molar-refractivity contribution in [2.45, 2.75) is 50.5 Å². The lowest BCUT2D eigenvalue weighted by Gasteiger charge is -2.12. The molecular formula is C14H23N3O3S. The minimum Gasteiger partial charge on any atom is -0.350 e. The van der Waals surface area contributed by atoms with Gasteiger partial charge >= 0.3 is 0 Å². The van der Waals surface area contributed by atoms with Crippen LogP contribution in [-0.2, 0) is 16.6 Å². The number of hydrogen-bond acceptors (Lipinski definition) is 3. The Morgan fingerprint density at radius 1 is 1.43 bits per heavy atom. The molecule has 1 aromatic rings. The average molecular weight is 313 g/mol. The quantitative estimate of drug-likeness (QED) is 0.832. The zero-order valence-corrected chi connectivity index (χ0v) is 13.2. The van der Waals surface area contributed by atoms with E-state index >= 15 is 0 Å². The first-order valence-corrected chi connectivity index (χ1v) is 8.97. The predicted octanol–water partition coefficient (Wildman–Crippen LogP) is 1.47. The van der Waals surface area contributed by atoms with Gasteiger partial charge in [0.15, 0.2) is 0 Å². The number of sulfonamides is 1. The third kappa shape index (κ3) is 4.07. The monoisotopic (exact) mass is 313 g/mol. The van der Waals surface area contributed by atoms with Crippen molar-refractivity contribution in [3.8, 4) is 0 Å². The Morgan fingerprint density at radius 3 is 2.67 bits per heavy atom. The van der Waals surface area contributed by atoms with Crippen LogP contribution >= 0.6 is 0 Å². The molecule has 0 atom stereocenters. The van der Waals surface area contributed by atoms with Crippen molar-refractivity contribution in [2.24, 2.45) is 11.1 Å². The van der Waals surface area contributed by atoms with E-state index < -0.39 is 10.0 Å². The number of nitrogens with two attached hydrogens (primary N) is 1. The molecule has 0 radical (unpaired) electrons. The summed E-state index contributed by atoms with van der Waals surface area (Å²) >= 11 is 0. The van der Waals surface area contributed by atoms with Gasteiger partial charge in [-0.15, -0.1) is 0 Å². The largest absolute Gasteiger partial charge is 0.350 e. The third-order valence-electron chi connectivity index (χ3n) is 3.92. The summed E-state index contributed by atoms with van der Waals surface area (Å²) in [6.07, 6.45) is 6.99. The van der Waals surface area contributed by atoms with Crippen LogP contribution < -0.4 is 10.5 Å². The lowest BCUT2D eigenvalue weighted by Crippen LogP contribution is -2.30. The molecule has 6 nitrogen and oxygen atoms in total. The van der Waals surface area contributed by atoms with Gasteiger partial charge in [0, 0.05) is 19.3 Å². The molecule has 0 unspecified atom stereocenters. The van der Waals surface area contributed by atoms with Gasteiger partial charge in [-0.05, 0) is 31.2 Å². The van der Waals surface area contributed by atoms with Gasteiger partial charge in [0.1, 0.15) is 10.6 Å². The molecule has 2 rings (SSSR count). The van der Waals surface area contributed by atoms with Crippen molar-refractivity contribution in [1.29, 1.82) is 0 Å². The van der Waals surface area contributed by atoms with Gasteiger partial charge in [-0.2, -0.15) is 0 Å². The number of aryl methyl sites for hydroxylation is 1. The first kappa shape index (κ1) is 16.0. The van der Waals surface area contributed by atoms with E-state index in [9.17, 15) is 13.2 Å². The van der Waals surface area contributed by atoms with E-state index in [2.05, 4.69) is 5.32 Å². The standard InChI is InChI=1S/C14H23N3O3S/c1-2-7-17-10-12(21(15,19)20)8-13(17)14(18)16-9-11-5-3-4-6-11/h8,10-11H,2-7,9H2,1H3,(H,16,18)(H2,15,19,20). The maximum Gasteiger partial charge on any atom is 0.267 e. The fraction of sp³-hybridized carbons (Fsp3) is 0.643. The number of aromatic nitrogens is 1. The first-order valence-electron chi connectivity index (χ1n) is 7.43. The molecule has 1 saturated carbocycles. The first-order chi connectivity index (χ1) is 9.91. The number of rotatable bonds is 6. The third-order valence-corrected chi connectivity index (χ3v) is 4.80. The highest BCUT2D eigenvalue weighted by atomic mass is 32.2. The molecule has 0 aromatic carbocycles. The summed E-state index contributed by atoms with van der Waals surface area (Å²) < 4.78 is 24.5. The van der Waals surface area contributed by atoms with Gasteiger partial charge in [0.05, 0.1) is 0 Å². The maximum atomic E-state index is 12.3. The van der Waals surface area contributed by atoms with E-state index in [1.54, 1.807) is 4.57 Å². The van der Waals surface area contributed by atoms with Gasteiger partial charge in [-0.3, -0.25) is 4.79 Å². The topological polar surface area (TPSA) is 94.2 Å². The second-order valence-corrected chi connectivity index (χ2v) is 7.22. The Balaban J connectivity index is 2.12. The zero-order chi connectivity index (χ0) is 15.5. The Bertz CT molecular complexity index is 601. The van der Waals surface area contributed by atoms with Crippen LogP contribution in [0.5, 0.6) is 0 Å². The minimum absolute atomic E-state index is 0.0121. The fourth-order valence-corrected chi connectivity index (χ4v) is 3.35. The van der Waals surface area contributed by atoms with Gasteiger partial charge in [-0.1, -0.05) is 19.8 Å².